The molecule has 2 N–H and O–H groups in total. The average molecular weight is 355 g/mol. The lowest BCUT2D eigenvalue weighted by Crippen LogP contribution is -2.19. The van der Waals surface area contributed by atoms with Crippen LogP contribution in [0.3, 0.4) is 0 Å². The number of aryl methyl sites for hydroxylation is 2. The molecule has 0 atom stereocenters. The molecule has 2 aromatic heterocycles. The molecule has 0 fully saturated rings. The van der Waals surface area contributed by atoms with E-state index in [0.717, 1.165) is 29.7 Å². The van der Waals surface area contributed by atoms with Crippen molar-refractivity contribution in [2.24, 2.45) is 5.10 Å². The number of nitrogens with zero attached hydrogens (tertiary/aromatic N) is 6. The number of benzene rings is 1. The second-order valence-electron chi connectivity index (χ2n) is 5.39. The quantitative estimate of drug-likeness (QED) is 0.404. The van der Waals surface area contributed by atoms with E-state index in [1.165, 1.54) is 10.6 Å². The van der Waals surface area contributed by atoms with Crippen molar-refractivity contribution in [1.82, 2.24) is 25.0 Å². The molecule has 0 bridgehead atoms. The molecule has 11 heteroatoms. The van der Waals surface area contributed by atoms with E-state index >= 15 is 0 Å². The lowest BCUT2D eigenvalue weighted by atomic mass is 10.2. The Morgan fingerprint density at radius 2 is 2.12 bits per heavy atom. The second kappa shape index (κ2) is 6.55. The number of nitro benzene ring substituents is 1. The minimum absolute atomic E-state index is 0.0793. The first-order chi connectivity index (χ1) is 12.3. The van der Waals surface area contributed by atoms with E-state index < -0.39 is 10.8 Å². The maximum atomic E-state index is 12.1. The monoisotopic (exact) mass is 355 g/mol. The second-order valence-corrected chi connectivity index (χ2v) is 5.39. The Bertz CT molecular complexity index is 1060. The third kappa shape index (κ3) is 3.31. The van der Waals surface area contributed by atoms with Crippen molar-refractivity contribution in [2.45, 2.75) is 13.8 Å². The van der Waals surface area contributed by atoms with Crippen LogP contribution in [0.15, 0.2) is 29.4 Å². The number of phenols is 1. The number of nitro groups is 1. The number of hydrogen-bond donors (Lipinski definition) is 2. The Morgan fingerprint density at radius 3 is 2.85 bits per heavy atom. The van der Waals surface area contributed by atoms with Gasteiger partial charge < -0.3 is 5.11 Å². The van der Waals surface area contributed by atoms with Gasteiger partial charge in [-0.3, -0.25) is 14.9 Å². The molecule has 0 spiro atoms. The number of carbonyl (C=O) groups is 1. The van der Waals surface area contributed by atoms with Gasteiger partial charge in [0.25, 0.3) is 11.5 Å². The minimum atomic E-state index is -0.686. The summed E-state index contributed by atoms with van der Waals surface area (Å²) in [6.07, 6.45) is 1.09. The molecule has 0 aliphatic carbocycles. The highest BCUT2D eigenvalue weighted by Gasteiger charge is 2.14. The Kier molecular flexibility index (Phi) is 4.27. The van der Waals surface area contributed by atoms with Crippen LogP contribution in [0.5, 0.6) is 5.75 Å². The van der Waals surface area contributed by atoms with E-state index in [-0.39, 0.29) is 28.6 Å². The number of non-ortho nitro benzene ring substituents is 1. The highest BCUT2D eigenvalue weighted by Crippen LogP contribution is 2.21. The number of aromatic nitrogens is 4. The van der Waals surface area contributed by atoms with Gasteiger partial charge >= 0.3 is 5.91 Å². The molecule has 132 valence electrons. The zero-order chi connectivity index (χ0) is 18.8. The summed E-state index contributed by atoms with van der Waals surface area (Å²) < 4.78 is 1.43. The SMILES string of the molecule is Cc1cc(C)n2nc(C(=O)N/N=C\c3cc([N+](=O)[O-])ccc3O)nc2n1. The van der Waals surface area contributed by atoms with Gasteiger partial charge in [0.05, 0.1) is 11.1 Å². The van der Waals surface area contributed by atoms with Gasteiger partial charge in [-0.1, -0.05) is 0 Å². The molecule has 2 heterocycles. The van der Waals surface area contributed by atoms with Crippen molar-refractivity contribution < 1.29 is 14.8 Å². The van der Waals surface area contributed by atoms with Gasteiger partial charge in [0, 0.05) is 29.1 Å². The summed E-state index contributed by atoms with van der Waals surface area (Å²) in [5.74, 6) is -0.747. The third-order valence-electron chi connectivity index (χ3n) is 3.41. The Hall–Kier alpha value is -3.89. The lowest BCUT2D eigenvalue weighted by molar-refractivity contribution is -0.384. The van der Waals surface area contributed by atoms with E-state index in [1.807, 2.05) is 0 Å². The van der Waals surface area contributed by atoms with Crippen molar-refractivity contribution in [3.63, 3.8) is 0 Å². The molecular weight excluding hydrogens is 342 g/mol. The summed E-state index contributed by atoms with van der Waals surface area (Å²) in [5.41, 5.74) is 3.58. The fraction of sp³-hybridized carbons (Fsp3) is 0.133. The molecule has 3 rings (SSSR count). The Balaban J connectivity index is 1.79. The molecule has 0 saturated carbocycles. The summed E-state index contributed by atoms with van der Waals surface area (Å²) in [5, 5.41) is 28.2. The number of rotatable bonds is 4. The Morgan fingerprint density at radius 1 is 1.35 bits per heavy atom. The van der Waals surface area contributed by atoms with Crippen LogP contribution in [0.1, 0.15) is 27.6 Å². The highest BCUT2D eigenvalue weighted by molar-refractivity contribution is 5.92. The van der Waals surface area contributed by atoms with E-state index in [4.69, 9.17) is 0 Å². The molecule has 0 aliphatic rings. The first-order valence-corrected chi connectivity index (χ1v) is 7.37. The van der Waals surface area contributed by atoms with E-state index in [9.17, 15) is 20.0 Å². The number of fused-ring (bicyclic) bond motifs is 1. The van der Waals surface area contributed by atoms with Gasteiger partial charge in [-0.05, 0) is 26.0 Å². The van der Waals surface area contributed by atoms with Crippen molar-refractivity contribution in [1.29, 1.82) is 0 Å². The van der Waals surface area contributed by atoms with Crippen LogP contribution in [0, 0.1) is 24.0 Å². The largest absolute Gasteiger partial charge is 0.507 e. The predicted molar refractivity (Wildman–Crippen MR) is 90.1 cm³/mol. The highest BCUT2D eigenvalue weighted by atomic mass is 16.6. The van der Waals surface area contributed by atoms with Crippen LogP contribution in [-0.4, -0.2) is 41.7 Å². The first kappa shape index (κ1) is 17.0. The molecule has 11 nitrogen and oxygen atoms in total. The molecule has 3 aromatic rings. The number of carbonyl (C=O) groups excluding carboxylic acids is 1. The summed E-state index contributed by atoms with van der Waals surface area (Å²) >= 11 is 0. The van der Waals surface area contributed by atoms with Gasteiger partial charge in [-0.25, -0.2) is 14.9 Å². The third-order valence-corrected chi connectivity index (χ3v) is 3.41. The van der Waals surface area contributed by atoms with Crippen LogP contribution in [-0.2, 0) is 0 Å². The lowest BCUT2D eigenvalue weighted by Gasteiger charge is -1.99. The average Bonchev–Trinajstić information content (AvgIpc) is 3.00. The van der Waals surface area contributed by atoms with E-state index in [0.29, 0.717) is 0 Å². The minimum Gasteiger partial charge on any atom is -0.507 e. The first-order valence-electron chi connectivity index (χ1n) is 7.37. The standard InChI is InChI=1S/C15H13N7O4/c1-8-5-9(2)21-15(17-8)18-13(20-21)14(24)19-16-7-10-6-11(22(25)26)3-4-12(10)23/h3-7,23H,1-2H3,(H,19,24)/b16-7-. The van der Waals surface area contributed by atoms with Crippen molar-refractivity contribution in [3.05, 3.63) is 57.2 Å². The van der Waals surface area contributed by atoms with Gasteiger partial charge in [-0.2, -0.15) is 10.1 Å². The molecule has 0 radical (unpaired) electrons. The maximum absolute atomic E-state index is 12.1. The molecule has 26 heavy (non-hydrogen) atoms. The number of aromatic hydroxyl groups is 1. The summed E-state index contributed by atoms with van der Waals surface area (Å²) in [7, 11) is 0. The fourth-order valence-corrected chi connectivity index (χ4v) is 2.23. The Labute approximate surface area is 146 Å². The smallest absolute Gasteiger partial charge is 0.311 e. The van der Waals surface area contributed by atoms with E-state index in [2.05, 4.69) is 25.6 Å². The topological polar surface area (TPSA) is 148 Å². The van der Waals surface area contributed by atoms with E-state index in [1.54, 1.807) is 19.9 Å². The van der Waals surface area contributed by atoms with Crippen LogP contribution in [0.25, 0.3) is 5.78 Å². The van der Waals surface area contributed by atoms with Crippen molar-refractivity contribution >= 4 is 23.6 Å². The number of nitrogens with one attached hydrogen (secondary N) is 1. The van der Waals surface area contributed by atoms with Crippen molar-refractivity contribution in [3.8, 4) is 5.75 Å². The molecule has 0 unspecified atom stereocenters. The van der Waals surface area contributed by atoms with Gasteiger partial charge in [-0.15, -0.1) is 5.10 Å². The predicted octanol–water partition coefficient (Wildman–Crippen LogP) is 1.12. The molecule has 1 aromatic carbocycles. The van der Waals surface area contributed by atoms with Crippen LogP contribution in [0.4, 0.5) is 5.69 Å². The molecule has 1 amide bonds. The summed E-state index contributed by atoms with van der Waals surface area (Å²) in [6, 6.07) is 5.25. The normalized spacial score (nSPS) is 11.2. The maximum Gasteiger partial charge on any atom is 0.311 e. The van der Waals surface area contributed by atoms with Gasteiger partial charge in [0.15, 0.2) is 0 Å². The number of amides is 1. The molecule has 0 aliphatic heterocycles. The molecular formula is C15H13N7O4. The van der Waals surface area contributed by atoms with Crippen LogP contribution in [0.2, 0.25) is 0 Å². The zero-order valence-electron chi connectivity index (χ0n) is 13.7. The fourth-order valence-electron chi connectivity index (χ4n) is 2.23. The molecule has 0 saturated heterocycles. The number of phenolic OH excluding ortho intramolecular Hbond substituents is 1. The number of hydrogen-bond acceptors (Lipinski definition) is 8. The van der Waals surface area contributed by atoms with Crippen LogP contribution < -0.4 is 5.43 Å². The van der Waals surface area contributed by atoms with Crippen LogP contribution >= 0.6 is 0 Å². The summed E-state index contributed by atoms with van der Waals surface area (Å²) in [6.45, 7) is 3.61. The van der Waals surface area contributed by atoms with Crippen molar-refractivity contribution in [2.75, 3.05) is 0 Å². The van der Waals surface area contributed by atoms with Gasteiger partial charge in [0.1, 0.15) is 5.75 Å². The van der Waals surface area contributed by atoms with Gasteiger partial charge in [0.2, 0.25) is 5.82 Å². The summed E-state index contributed by atoms with van der Waals surface area (Å²) in [4.78, 5) is 30.5. The number of hydrazone groups is 1. The zero-order valence-corrected chi connectivity index (χ0v) is 13.7.